The number of carbonyl (C=O) groups is 1. The third kappa shape index (κ3) is 4.14. The van der Waals surface area contributed by atoms with Crippen molar-refractivity contribution in [2.45, 2.75) is 20.8 Å². The molecule has 2 aromatic rings. The van der Waals surface area contributed by atoms with Crippen LogP contribution in [0.15, 0.2) is 50.7 Å². The van der Waals surface area contributed by atoms with Crippen molar-refractivity contribution in [1.82, 2.24) is 5.32 Å². The fourth-order valence-electron chi connectivity index (χ4n) is 2.58. The van der Waals surface area contributed by atoms with Gasteiger partial charge in [-0.05, 0) is 68.9 Å². The highest BCUT2D eigenvalue weighted by atomic mass is 32.2. The Morgan fingerprint density at radius 1 is 1.16 bits per heavy atom. The molecule has 1 aliphatic heterocycles. The number of thioether (sulfide) groups is 1. The normalized spacial score (nSPS) is 17.3. The number of amidine groups is 1. The van der Waals surface area contributed by atoms with E-state index in [9.17, 15) is 4.79 Å². The van der Waals surface area contributed by atoms with Crippen molar-refractivity contribution in [2.24, 2.45) is 4.99 Å². The van der Waals surface area contributed by atoms with E-state index >= 15 is 0 Å². The van der Waals surface area contributed by atoms with E-state index in [1.54, 1.807) is 6.08 Å². The Kier molecular flexibility index (Phi) is 5.28. The summed E-state index contributed by atoms with van der Waals surface area (Å²) >= 11 is 1.32. The van der Waals surface area contributed by atoms with E-state index in [1.165, 1.54) is 17.4 Å². The molecule has 0 atom stereocenters. The van der Waals surface area contributed by atoms with E-state index < -0.39 is 0 Å². The number of hydrogen-bond donors (Lipinski definition) is 1. The SMILES string of the molecule is CCN(CC)c1ccc(N=C2NC(=O)/C(=C\c3ccc(C)o3)S2)cc1. The summed E-state index contributed by atoms with van der Waals surface area (Å²) in [7, 11) is 0. The minimum Gasteiger partial charge on any atom is -0.462 e. The lowest BCUT2D eigenvalue weighted by atomic mass is 10.2. The fraction of sp³-hybridized carbons (Fsp3) is 0.263. The number of furan rings is 1. The number of aliphatic imine (C=N–C) groups is 1. The third-order valence-corrected chi connectivity index (χ3v) is 4.80. The smallest absolute Gasteiger partial charge is 0.264 e. The number of rotatable bonds is 5. The Hall–Kier alpha value is -2.47. The van der Waals surface area contributed by atoms with Gasteiger partial charge in [0, 0.05) is 24.9 Å². The van der Waals surface area contributed by atoms with Gasteiger partial charge in [0.2, 0.25) is 0 Å². The minimum absolute atomic E-state index is 0.155. The summed E-state index contributed by atoms with van der Waals surface area (Å²) in [5.41, 5.74) is 1.99. The van der Waals surface area contributed by atoms with Crippen LogP contribution < -0.4 is 10.2 Å². The zero-order chi connectivity index (χ0) is 17.8. The summed E-state index contributed by atoms with van der Waals surface area (Å²) < 4.78 is 5.49. The van der Waals surface area contributed by atoms with E-state index in [0.717, 1.165) is 24.5 Å². The Balaban J connectivity index is 1.74. The molecule has 2 heterocycles. The molecule has 1 aromatic heterocycles. The molecular weight excluding hydrogens is 334 g/mol. The second kappa shape index (κ2) is 7.61. The molecule has 0 aliphatic carbocycles. The number of anilines is 1. The van der Waals surface area contributed by atoms with Gasteiger partial charge < -0.3 is 14.6 Å². The third-order valence-electron chi connectivity index (χ3n) is 3.89. The molecule has 5 nitrogen and oxygen atoms in total. The van der Waals surface area contributed by atoms with Gasteiger partial charge in [0.05, 0.1) is 10.6 Å². The molecule has 1 amide bonds. The van der Waals surface area contributed by atoms with Gasteiger partial charge in [-0.3, -0.25) is 4.79 Å². The lowest BCUT2D eigenvalue weighted by Gasteiger charge is -2.20. The first-order valence-electron chi connectivity index (χ1n) is 8.30. The van der Waals surface area contributed by atoms with Crippen LogP contribution >= 0.6 is 11.8 Å². The molecule has 1 fully saturated rings. The summed E-state index contributed by atoms with van der Waals surface area (Å²) in [6.45, 7) is 8.08. The van der Waals surface area contributed by atoms with Crippen LogP contribution in [0.5, 0.6) is 0 Å². The van der Waals surface area contributed by atoms with Gasteiger partial charge in [0.15, 0.2) is 5.17 Å². The van der Waals surface area contributed by atoms with Crippen molar-refractivity contribution >= 4 is 40.3 Å². The number of amides is 1. The lowest BCUT2D eigenvalue weighted by molar-refractivity contribution is -0.115. The van der Waals surface area contributed by atoms with Crippen LogP contribution in [0.3, 0.4) is 0 Å². The summed E-state index contributed by atoms with van der Waals surface area (Å²) in [6, 6.07) is 11.7. The Morgan fingerprint density at radius 2 is 1.88 bits per heavy atom. The lowest BCUT2D eigenvalue weighted by Crippen LogP contribution is -2.21. The average Bonchev–Trinajstić information content (AvgIpc) is 3.16. The zero-order valence-electron chi connectivity index (χ0n) is 14.6. The Bertz CT molecular complexity index is 817. The molecule has 1 aromatic carbocycles. The number of nitrogens with zero attached hydrogens (tertiary/aromatic N) is 2. The zero-order valence-corrected chi connectivity index (χ0v) is 15.4. The number of carbonyl (C=O) groups excluding carboxylic acids is 1. The van der Waals surface area contributed by atoms with E-state index in [2.05, 4.69) is 41.2 Å². The maximum Gasteiger partial charge on any atom is 0.264 e. The second-order valence-electron chi connectivity index (χ2n) is 5.62. The predicted octanol–water partition coefficient (Wildman–Crippen LogP) is 4.33. The Morgan fingerprint density at radius 3 is 2.48 bits per heavy atom. The highest BCUT2D eigenvalue weighted by Crippen LogP contribution is 2.29. The van der Waals surface area contributed by atoms with Crippen LogP contribution in [0.2, 0.25) is 0 Å². The molecule has 0 bridgehead atoms. The van der Waals surface area contributed by atoms with Gasteiger partial charge in [-0.25, -0.2) is 4.99 Å². The highest BCUT2D eigenvalue weighted by molar-refractivity contribution is 8.18. The van der Waals surface area contributed by atoms with Crippen LogP contribution in [-0.4, -0.2) is 24.2 Å². The van der Waals surface area contributed by atoms with Gasteiger partial charge in [0.25, 0.3) is 5.91 Å². The first-order chi connectivity index (χ1) is 12.1. The van der Waals surface area contributed by atoms with Crippen LogP contribution in [-0.2, 0) is 4.79 Å². The van der Waals surface area contributed by atoms with E-state index in [-0.39, 0.29) is 5.91 Å². The van der Waals surface area contributed by atoms with Gasteiger partial charge in [0.1, 0.15) is 11.5 Å². The number of benzene rings is 1. The predicted molar refractivity (Wildman–Crippen MR) is 104 cm³/mol. The summed E-state index contributed by atoms with van der Waals surface area (Å²) in [6.07, 6.45) is 1.74. The molecule has 0 spiro atoms. The fourth-order valence-corrected chi connectivity index (χ4v) is 3.41. The van der Waals surface area contributed by atoms with E-state index in [0.29, 0.717) is 15.8 Å². The van der Waals surface area contributed by atoms with Crippen LogP contribution in [0, 0.1) is 6.92 Å². The number of nitrogens with one attached hydrogen (secondary N) is 1. The van der Waals surface area contributed by atoms with Crippen molar-refractivity contribution in [3.05, 3.63) is 52.8 Å². The molecule has 6 heteroatoms. The molecule has 130 valence electrons. The standard InChI is InChI=1S/C19H21N3O2S/c1-4-22(5-2)15-9-7-14(8-10-15)20-19-21-18(23)17(25-19)12-16-11-6-13(3)24-16/h6-12H,4-5H2,1-3H3,(H,20,21,23)/b17-12+. The summed E-state index contributed by atoms with van der Waals surface area (Å²) in [4.78, 5) is 19.4. The molecular formula is C19H21N3O2S. The first-order valence-corrected chi connectivity index (χ1v) is 9.11. The minimum atomic E-state index is -0.155. The first kappa shape index (κ1) is 17.4. The van der Waals surface area contributed by atoms with Gasteiger partial charge in [-0.2, -0.15) is 0 Å². The van der Waals surface area contributed by atoms with Gasteiger partial charge in [-0.15, -0.1) is 0 Å². The van der Waals surface area contributed by atoms with E-state index in [1.807, 2.05) is 31.2 Å². The van der Waals surface area contributed by atoms with Gasteiger partial charge in [-0.1, -0.05) is 0 Å². The number of aryl methyl sites for hydroxylation is 1. The molecule has 25 heavy (non-hydrogen) atoms. The molecule has 0 unspecified atom stereocenters. The molecule has 1 N–H and O–H groups in total. The van der Waals surface area contributed by atoms with Crippen molar-refractivity contribution < 1.29 is 9.21 Å². The average molecular weight is 355 g/mol. The quantitative estimate of drug-likeness (QED) is 0.811. The Labute approximate surface area is 151 Å². The molecule has 3 rings (SSSR count). The van der Waals surface area contributed by atoms with Gasteiger partial charge >= 0.3 is 0 Å². The van der Waals surface area contributed by atoms with Crippen LogP contribution in [0.25, 0.3) is 6.08 Å². The molecule has 0 saturated carbocycles. The van der Waals surface area contributed by atoms with Crippen molar-refractivity contribution in [3.8, 4) is 0 Å². The monoisotopic (exact) mass is 355 g/mol. The summed E-state index contributed by atoms with van der Waals surface area (Å²) in [5.74, 6) is 1.33. The molecule has 1 aliphatic rings. The summed E-state index contributed by atoms with van der Waals surface area (Å²) in [5, 5.41) is 3.37. The topological polar surface area (TPSA) is 57.8 Å². The molecule has 0 radical (unpaired) electrons. The van der Waals surface area contributed by atoms with Crippen molar-refractivity contribution in [1.29, 1.82) is 0 Å². The van der Waals surface area contributed by atoms with Crippen molar-refractivity contribution in [2.75, 3.05) is 18.0 Å². The van der Waals surface area contributed by atoms with Crippen LogP contribution in [0.1, 0.15) is 25.4 Å². The van der Waals surface area contributed by atoms with Crippen molar-refractivity contribution in [3.63, 3.8) is 0 Å². The number of hydrogen-bond acceptors (Lipinski definition) is 5. The maximum atomic E-state index is 12.1. The largest absolute Gasteiger partial charge is 0.462 e. The highest BCUT2D eigenvalue weighted by Gasteiger charge is 2.24. The van der Waals surface area contributed by atoms with Crippen LogP contribution in [0.4, 0.5) is 11.4 Å². The maximum absolute atomic E-state index is 12.1. The second-order valence-corrected chi connectivity index (χ2v) is 6.65. The van der Waals surface area contributed by atoms with E-state index in [4.69, 9.17) is 4.42 Å². The molecule has 1 saturated heterocycles.